The smallest absolute Gasteiger partial charge is 0.0312 e. The van der Waals surface area contributed by atoms with Crippen molar-refractivity contribution in [2.45, 2.75) is 37.9 Å². The van der Waals surface area contributed by atoms with Crippen molar-refractivity contribution in [3.63, 3.8) is 0 Å². The van der Waals surface area contributed by atoms with Crippen molar-refractivity contribution in [3.05, 3.63) is 30.1 Å². The Labute approximate surface area is 96.9 Å². The molecule has 0 aromatic carbocycles. The minimum absolute atomic E-state index is 0.726. The van der Waals surface area contributed by atoms with Crippen LogP contribution in [0.3, 0.4) is 0 Å². The predicted molar refractivity (Wildman–Crippen MR) is 64.1 cm³/mol. The SMILES string of the molecule is c1cncc(CN2CCC3CCC(C2)N3)c1. The van der Waals surface area contributed by atoms with Gasteiger partial charge in [-0.3, -0.25) is 9.88 Å². The number of nitrogens with zero attached hydrogens (tertiary/aromatic N) is 2. The molecule has 2 aliphatic rings. The van der Waals surface area contributed by atoms with Crippen LogP contribution in [0.25, 0.3) is 0 Å². The molecule has 1 aromatic heterocycles. The van der Waals surface area contributed by atoms with Crippen LogP contribution in [0.1, 0.15) is 24.8 Å². The van der Waals surface area contributed by atoms with E-state index >= 15 is 0 Å². The van der Waals surface area contributed by atoms with E-state index in [4.69, 9.17) is 0 Å². The van der Waals surface area contributed by atoms with Gasteiger partial charge in [-0.05, 0) is 30.9 Å². The van der Waals surface area contributed by atoms with E-state index in [-0.39, 0.29) is 0 Å². The maximum absolute atomic E-state index is 4.18. The summed E-state index contributed by atoms with van der Waals surface area (Å²) in [5.74, 6) is 0. The number of hydrogen-bond donors (Lipinski definition) is 1. The number of rotatable bonds is 2. The maximum atomic E-state index is 4.18. The molecule has 2 atom stereocenters. The van der Waals surface area contributed by atoms with Gasteiger partial charge in [-0.15, -0.1) is 0 Å². The van der Waals surface area contributed by atoms with Crippen molar-refractivity contribution in [2.75, 3.05) is 13.1 Å². The first-order chi connectivity index (χ1) is 7.90. The van der Waals surface area contributed by atoms with Crippen LogP contribution < -0.4 is 5.32 Å². The lowest BCUT2D eigenvalue weighted by Gasteiger charge is -2.23. The number of fused-ring (bicyclic) bond motifs is 2. The van der Waals surface area contributed by atoms with Gasteiger partial charge in [0.1, 0.15) is 0 Å². The monoisotopic (exact) mass is 217 g/mol. The zero-order valence-electron chi connectivity index (χ0n) is 9.60. The lowest BCUT2D eigenvalue weighted by atomic mass is 10.1. The van der Waals surface area contributed by atoms with Gasteiger partial charge in [0.2, 0.25) is 0 Å². The summed E-state index contributed by atoms with van der Waals surface area (Å²) in [7, 11) is 0. The summed E-state index contributed by atoms with van der Waals surface area (Å²) in [6.07, 6.45) is 7.86. The molecule has 0 aliphatic carbocycles. The number of aromatic nitrogens is 1. The van der Waals surface area contributed by atoms with Gasteiger partial charge in [0.15, 0.2) is 0 Å². The molecule has 0 saturated carbocycles. The molecule has 3 heterocycles. The van der Waals surface area contributed by atoms with Crippen LogP contribution in [0.15, 0.2) is 24.5 Å². The van der Waals surface area contributed by atoms with E-state index in [1.54, 1.807) is 0 Å². The minimum atomic E-state index is 0.726. The molecule has 2 saturated heterocycles. The zero-order chi connectivity index (χ0) is 10.8. The molecule has 1 aromatic rings. The van der Waals surface area contributed by atoms with Crippen molar-refractivity contribution in [2.24, 2.45) is 0 Å². The molecule has 1 N–H and O–H groups in total. The van der Waals surface area contributed by atoms with Crippen LogP contribution >= 0.6 is 0 Å². The summed E-state index contributed by atoms with van der Waals surface area (Å²) in [5, 5.41) is 3.71. The van der Waals surface area contributed by atoms with Gasteiger partial charge < -0.3 is 5.32 Å². The quantitative estimate of drug-likeness (QED) is 0.812. The molecule has 86 valence electrons. The van der Waals surface area contributed by atoms with Crippen molar-refractivity contribution >= 4 is 0 Å². The van der Waals surface area contributed by atoms with Crippen LogP contribution in [0.2, 0.25) is 0 Å². The second-order valence-electron chi connectivity index (χ2n) is 5.02. The third-order valence-electron chi connectivity index (χ3n) is 3.74. The van der Waals surface area contributed by atoms with E-state index in [1.807, 2.05) is 18.5 Å². The lowest BCUT2D eigenvalue weighted by molar-refractivity contribution is 0.250. The Morgan fingerprint density at radius 1 is 1.31 bits per heavy atom. The summed E-state index contributed by atoms with van der Waals surface area (Å²) >= 11 is 0. The van der Waals surface area contributed by atoms with Crippen molar-refractivity contribution in [3.8, 4) is 0 Å². The maximum Gasteiger partial charge on any atom is 0.0312 e. The van der Waals surface area contributed by atoms with E-state index in [0.29, 0.717) is 0 Å². The fourth-order valence-corrected chi connectivity index (χ4v) is 2.91. The number of hydrogen-bond acceptors (Lipinski definition) is 3. The van der Waals surface area contributed by atoms with E-state index in [0.717, 1.165) is 18.6 Å². The first kappa shape index (κ1) is 10.2. The second kappa shape index (κ2) is 4.52. The molecule has 2 bridgehead atoms. The van der Waals surface area contributed by atoms with Gasteiger partial charge >= 0.3 is 0 Å². The molecule has 3 nitrogen and oxygen atoms in total. The van der Waals surface area contributed by atoms with Crippen molar-refractivity contribution in [1.82, 2.24) is 15.2 Å². The Morgan fingerprint density at radius 2 is 2.25 bits per heavy atom. The Bertz CT molecular complexity index is 338. The largest absolute Gasteiger partial charge is 0.310 e. The van der Waals surface area contributed by atoms with E-state index < -0.39 is 0 Å². The van der Waals surface area contributed by atoms with Crippen LogP contribution in [0, 0.1) is 0 Å². The predicted octanol–water partition coefficient (Wildman–Crippen LogP) is 1.41. The standard InChI is InChI=1S/C13H19N3/c1-2-11(8-14-6-1)9-16-7-5-12-3-4-13(10-16)15-12/h1-2,6,8,12-13,15H,3-5,7,9-10H2. The van der Waals surface area contributed by atoms with Crippen LogP contribution in [0.5, 0.6) is 0 Å². The van der Waals surface area contributed by atoms with Gasteiger partial charge in [-0.25, -0.2) is 0 Å². The van der Waals surface area contributed by atoms with Gasteiger partial charge in [0.05, 0.1) is 0 Å². The van der Waals surface area contributed by atoms with E-state index in [1.165, 1.54) is 37.9 Å². The van der Waals surface area contributed by atoms with Crippen molar-refractivity contribution < 1.29 is 0 Å². The van der Waals surface area contributed by atoms with Gasteiger partial charge in [0.25, 0.3) is 0 Å². The van der Waals surface area contributed by atoms with Crippen LogP contribution in [-0.4, -0.2) is 35.1 Å². The topological polar surface area (TPSA) is 28.2 Å². The van der Waals surface area contributed by atoms with Crippen LogP contribution in [-0.2, 0) is 6.54 Å². The molecule has 0 spiro atoms. The highest BCUT2D eigenvalue weighted by molar-refractivity contribution is 5.08. The fourth-order valence-electron chi connectivity index (χ4n) is 2.91. The first-order valence-corrected chi connectivity index (χ1v) is 6.27. The molecular formula is C13H19N3. The molecule has 16 heavy (non-hydrogen) atoms. The van der Waals surface area contributed by atoms with Crippen molar-refractivity contribution in [1.29, 1.82) is 0 Å². The highest BCUT2D eigenvalue weighted by Crippen LogP contribution is 2.21. The molecule has 3 heteroatoms. The van der Waals surface area contributed by atoms with Crippen LogP contribution in [0.4, 0.5) is 0 Å². The Balaban J connectivity index is 1.63. The van der Waals surface area contributed by atoms with Gasteiger partial charge in [0, 0.05) is 44.1 Å². The van der Waals surface area contributed by atoms with E-state index in [2.05, 4.69) is 21.3 Å². The third-order valence-corrected chi connectivity index (χ3v) is 3.74. The molecule has 2 unspecified atom stereocenters. The summed E-state index contributed by atoms with van der Waals surface area (Å²) in [4.78, 5) is 6.74. The molecule has 0 amide bonds. The fraction of sp³-hybridized carbons (Fsp3) is 0.615. The molecule has 0 radical (unpaired) electrons. The zero-order valence-corrected chi connectivity index (χ0v) is 9.60. The number of likely N-dealkylation sites (tertiary alicyclic amines) is 1. The average molecular weight is 217 g/mol. The normalized spacial score (nSPS) is 30.2. The highest BCUT2D eigenvalue weighted by Gasteiger charge is 2.28. The lowest BCUT2D eigenvalue weighted by Crippen LogP contribution is -2.34. The van der Waals surface area contributed by atoms with E-state index in [9.17, 15) is 0 Å². The second-order valence-corrected chi connectivity index (χ2v) is 5.02. The Morgan fingerprint density at radius 3 is 3.12 bits per heavy atom. The Hall–Kier alpha value is -0.930. The molecule has 2 fully saturated rings. The number of pyridine rings is 1. The number of nitrogens with one attached hydrogen (secondary N) is 1. The Kier molecular flexibility index (Phi) is 2.89. The third kappa shape index (κ3) is 2.25. The summed E-state index contributed by atoms with van der Waals surface area (Å²) in [5.41, 5.74) is 1.33. The molecule has 2 aliphatic heterocycles. The minimum Gasteiger partial charge on any atom is -0.310 e. The highest BCUT2D eigenvalue weighted by atomic mass is 15.2. The summed E-state index contributed by atoms with van der Waals surface area (Å²) in [6, 6.07) is 5.70. The summed E-state index contributed by atoms with van der Waals surface area (Å²) < 4.78 is 0. The summed E-state index contributed by atoms with van der Waals surface area (Å²) in [6.45, 7) is 3.48. The van der Waals surface area contributed by atoms with Gasteiger partial charge in [-0.2, -0.15) is 0 Å². The first-order valence-electron chi connectivity index (χ1n) is 6.27. The molecular weight excluding hydrogens is 198 g/mol. The average Bonchev–Trinajstić information content (AvgIpc) is 2.64. The van der Waals surface area contributed by atoms with Gasteiger partial charge in [-0.1, -0.05) is 6.07 Å². The molecule has 3 rings (SSSR count).